The van der Waals surface area contributed by atoms with E-state index in [-0.39, 0.29) is 18.2 Å². The van der Waals surface area contributed by atoms with E-state index >= 15 is 0 Å². The molecule has 1 fully saturated rings. The summed E-state index contributed by atoms with van der Waals surface area (Å²) in [5.74, 6) is 1.12. The molecule has 2 aromatic rings. The van der Waals surface area contributed by atoms with E-state index in [0.29, 0.717) is 22.7 Å². The van der Waals surface area contributed by atoms with Gasteiger partial charge in [0.2, 0.25) is 5.91 Å². The van der Waals surface area contributed by atoms with Gasteiger partial charge in [0.25, 0.3) is 5.91 Å². The minimum Gasteiger partial charge on any atom is -0.497 e. The molecule has 1 saturated heterocycles. The van der Waals surface area contributed by atoms with Gasteiger partial charge in [0.1, 0.15) is 11.5 Å². The van der Waals surface area contributed by atoms with Crippen LogP contribution < -0.4 is 14.8 Å². The van der Waals surface area contributed by atoms with Crippen molar-refractivity contribution in [3.63, 3.8) is 0 Å². The molecule has 6 nitrogen and oxygen atoms in total. The van der Waals surface area contributed by atoms with Crippen molar-refractivity contribution < 1.29 is 19.1 Å². The Hall–Kier alpha value is -3.02. The lowest BCUT2D eigenvalue weighted by atomic mass is 10.1. The Kier molecular flexibility index (Phi) is 6.53. The summed E-state index contributed by atoms with van der Waals surface area (Å²) in [5, 5.41) is 2.87. The zero-order chi connectivity index (χ0) is 19.9. The molecule has 0 aliphatic carbocycles. The fraction of sp³-hybridized carbons (Fsp3) is 0.364. The zero-order valence-corrected chi connectivity index (χ0v) is 16.4. The molecule has 0 bridgehead atoms. The molecule has 0 spiro atoms. The number of benzene rings is 2. The number of carbonyl (C=O) groups is 2. The number of piperidine rings is 1. The molecule has 28 heavy (non-hydrogen) atoms. The molecule has 148 valence electrons. The Morgan fingerprint density at radius 1 is 1.00 bits per heavy atom. The Morgan fingerprint density at radius 2 is 1.79 bits per heavy atom. The summed E-state index contributed by atoms with van der Waals surface area (Å²) in [6, 6.07) is 12.5. The van der Waals surface area contributed by atoms with Crippen LogP contribution in [0.3, 0.4) is 0 Å². The molecule has 1 heterocycles. The van der Waals surface area contributed by atoms with Crippen molar-refractivity contribution in [1.29, 1.82) is 0 Å². The standard InChI is InChI=1S/C22H26N2O4/c1-27-19-10-9-16(20(15-19)28-2)14-21(25)23-18-8-6-7-17(13-18)22(26)24-11-4-3-5-12-24/h6-10,13,15H,3-5,11-12,14H2,1-2H3,(H,23,25). The number of hydrogen-bond acceptors (Lipinski definition) is 4. The number of carbonyl (C=O) groups excluding carboxylic acids is 2. The van der Waals surface area contributed by atoms with Crippen LogP contribution in [-0.2, 0) is 11.2 Å². The summed E-state index contributed by atoms with van der Waals surface area (Å²) >= 11 is 0. The topological polar surface area (TPSA) is 67.9 Å². The average molecular weight is 382 g/mol. The predicted octanol–water partition coefficient (Wildman–Crippen LogP) is 3.51. The molecule has 0 atom stereocenters. The van der Waals surface area contributed by atoms with E-state index in [1.165, 1.54) is 6.42 Å². The van der Waals surface area contributed by atoms with Crippen molar-refractivity contribution in [2.24, 2.45) is 0 Å². The normalized spacial score (nSPS) is 13.7. The van der Waals surface area contributed by atoms with E-state index in [9.17, 15) is 9.59 Å². The zero-order valence-electron chi connectivity index (χ0n) is 16.4. The second-order valence-corrected chi connectivity index (χ2v) is 6.84. The van der Waals surface area contributed by atoms with Crippen LogP contribution in [0, 0.1) is 0 Å². The second-order valence-electron chi connectivity index (χ2n) is 6.84. The molecule has 3 rings (SSSR count). The highest BCUT2D eigenvalue weighted by atomic mass is 16.5. The Bertz CT molecular complexity index is 844. The average Bonchev–Trinajstić information content (AvgIpc) is 2.74. The number of amides is 2. The Balaban J connectivity index is 1.67. The maximum Gasteiger partial charge on any atom is 0.253 e. The van der Waals surface area contributed by atoms with Crippen LogP contribution >= 0.6 is 0 Å². The maximum atomic E-state index is 12.7. The summed E-state index contributed by atoms with van der Waals surface area (Å²) in [6.07, 6.45) is 3.43. The van der Waals surface area contributed by atoms with Gasteiger partial charge in [0, 0.05) is 36.0 Å². The minimum atomic E-state index is -0.175. The van der Waals surface area contributed by atoms with Crippen LogP contribution in [0.2, 0.25) is 0 Å². The Morgan fingerprint density at radius 3 is 2.50 bits per heavy atom. The van der Waals surface area contributed by atoms with Crippen molar-refractivity contribution >= 4 is 17.5 Å². The molecule has 1 N–H and O–H groups in total. The van der Waals surface area contributed by atoms with Crippen LogP contribution in [0.1, 0.15) is 35.2 Å². The van der Waals surface area contributed by atoms with Gasteiger partial charge in [-0.25, -0.2) is 0 Å². The molecular weight excluding hydrogens is 356 g/mol. The van der Waals surface area contributed by atoms with Crippen LogP contribution in [0.25, 0.3) is 0 Å². The summed E-state index contributed by atoms with van der Waals surface area (Å²) in [4.78, 5) is 27.0. The van der Waals surface area contributed by atoms with Crippen LogP contribution in [0.4, 0.5) is 5.69 Å². The van der Waals surface area contributed by atoms with Gasteiger partial charge in [0.05, 0.1) is 20.6 Å². The number of likely N-dealkylation sites (tertiary alicyclic amines) is 1. The molecule has 0 saturated carbocycles. The van der Waals surface area contributed by atoms with Crippen LogP contribution in [-0.4, -0.2) is 44.0 Å². The summed E-state index contributed by atoms with van der Waals surface area (Å²) in [7, 11) is 3.14. The molecular formula is C22H26N2O4. The first kappa shape index (κ1) is 19.7. The summed E-state index contributed by atoms with van der Waals surface area (Å²) in [5.41, 5.74) is 1.98. The van der Waals surface area contributed by atoms with Gasteiger partial charge >= 0.3 is 0 Å². The summed E-state index contributed by atoms with van der Waals surface area (Å²) in [6.45, 7) is 1.60. The van der Waals surface area contributed by atoms with E-state index in [4.69, 9.17) is 9.47 Å². The van der Waals surface area contributed by atoms with Crippen LogP contribution in [0.15, 0.2) is 42.5 Å². The van der Waals surface area contributed by atoms with Gasteiger partial charge in [-0.3, -0.25) is 9.59 Å². The van der Waals surface area contributed by atoms with E-state index < -0.39 is 0 Å². The molecule has 0 unspecified atom stereocenters. The molecule has 0 radical (unpaired) electrons. The van der Waals surface area contributed by atoms with Crippen molar-refractivity contribution in [1.82, 2.24) is 4.90 Å². The number of nitrogens with one attached hydrogen (secondary N) is 1. The number of methoxy groups -OCH3 is 2. The highest BCUT2D eigenvalue weighted by Crippen LogP contribution is 2.25. The monoisotopic (exact) mass is 382 g/mol. The van der Waals surface area contributed by atoms with E-state index in [0.717, 1.165) is 31.5 Å². The predicted molar refractivity (Wildman–Crippen MR) is 108 cm³/mol. The third-order valence-corrected chi connectivity index (χ3v) is 4.88. The number of nitrogens with zero attached hydrogens (tertiary/aromatic N) is 1. The first-order chi connectivity index (χ1) is 13.6. The largest absolute Gasteiger partial charge is 0.497 e. The minimum absolute atomic E-state index is 0.0209. The van der Waals surface area contributed by atoms with Crippen molar-refractivity contribution in [3.8, 4) is 11.5 Å². The molecule has 1 aliphatic rings. The number of ether oxygens (including phenoxy) is 2. The van der Waals surface area contributed by atoms with Crippen molar-refractivity contribution in [2.75, 3.05) is 32.6 Å². The molecule has 2 aromatic carbocycles. The fourth-order valence-corrected chi connectivity index (χ4v) is 3.39. The SMILES string of the molecule is COc1ccc(CC(=O)Nc2cccc(C(=O)N3CCCCC3)c2)c(OC)c1. The third-order valence-electron chi connectivity index (χ3n) is 4.88. The van der Waals surface area contributed by atoms with Crippen LogP contribution in [0.5, 0.6) is 11.5 Å². The van der Waals surface area contributed by atoms with Gasteiger partial charge < -0.3 is 19.7 Å². The van der Waals surface area contributed by atoms with Gasteiger partial charge in [-0.2, -0.15) is 0 Å². The number of hydrogen-bond donors (Lipinski definition) is 1. The molecule has 1 aliphatic heterocycles. The lowest BCUT2D eigenvalue weighted by molar-refractivity contribution is -0.115. The van der Waals surface area contributed by atoms with E-state index in [1.807, 2.05) is 11.0 Å². The van der Waals surface area contributed by atoms with Gasteiger partial charge in [0.15, 0.2) is 0 Å². The fourth-order valence-electron chi connectivity index (χ4n) is 3.39. The first-order valence-electron chi connectivity index (χ1n) is 9.51. The lowest BCUT2D eigenvalue weighted by Crippen LogP contribution is -2.35. The van der Waals surface area contributed by atoms with Gasteiger partial charge in [-0.1, -0.05) is 12.1 Å². The van der Waals surface area contributed by atoms with E-state index in [1.54, 1.807) is 50.6 Å². The molecule has 2 amide bonds. The third kappa shape index (κ3) is 4.82. The number of anilines is 1. The van der Waals surface area contributed by atoms with Gasteiger partial charge in [-0.15, -0.1) is 0 Å². The highest BCUT2D eigenvalue weighted by Gasteiger charge is 2.18. The van der Waals surface area contributed by atoms with Crippen molar-refractivity contribution in [2.45, 2.75) is 25.7 Å². The van der Waals surface area contributed by atoms with Gasteiger partial charge in [-0.05, 0) is 43.5 Å². The smallest absolute Gasteiger partial charge is 0.253 e. The Labute approximate surface area is 165 Å². The van der Waals surface area contributed by atoms with Crippen molar-refractivity contribution in [3.05, 3.63) is 53.6 Å². The quantitative estimate of drug-likeness (QED) is 0.830. The maximum absolute atomic E-state index is 12.7. The second kappa shape index (κ2) is 9.26. The number of rotatable bonds is 6. The molecule has 6 heteroatoms. The van der Waals surface area contributed by atoms with E-state index in [2.05, 4.69) is 5.32 Å². The highest BCUT2D eigenvalue weighted by molar-refractivity contribution is 5.97. The summed E-state index contributed by atoms with van der Waals surface area (Å²) < 4.78 is 10.5. The molecule has 0 aromatic heterocycles. The lowest BCUT2D eigenvalue weighted by Gasteiger charge is -2.26. The first-order valence-corrected chi connectivity index (χ1v) is 9.51.